The number of carbonyl (C=O) groups excluding carboxylic acids is 1. The highest BCUT2D eigenvalue weighted by molar-refractivity contribution is 5.77. The van der Waals surface area contributed by atoms with Gasteiger partial charge in [0.2, 0.25) is 0 Å². The second kappa shape index (κ2) is 3.26. The molecule has 2 nitrogen and oxygen atoms in total. The van der Waals surface area contributed by atoms with Crippen molar-refractivity contribution in [2.24, 2.45) is 0 Å². The summed E-state index contributed by atoms with van der Waals surface area (Å²) < 4.78 is 12.7. The number of aliphatic hydroxyl groups is 1. The largest absolute Gasteiger partial charge is 0.386 e. The molecule has 0 unspecified atom stereocenters. The fourth-order valence-electron chi connectivity index (χ4n) is 1.19. The number of benzene rings is 1. The number of aldehydes is 1. The zero-order chi connectivity index (χ0) is 10.1. The monoisotopic (exact) mass is 182 g/mol. The molecule has 70 valence electrons. The Bertz CT molecular complexity index is 326. The summed E-state index contributed by atoms with van der Waals surface area (Å²) in [6, 6.07) is 3.75. The molecule has 0 aliphatic rings. The lowest BCUT2D eigenvalue weighted by molar-refractivity contribution is 0.0767. The predicted molar refractivity (Wildman–Crippen MR) is 47.0 cm³/mol. The summed E-state index contributed by atoms with van der Waals surface area (Å²) in [5.41, 5.74) is -0.499. The van der Waals surface area contributed by atoms with Gasteiger partial charge in [0.1, 0.15) is 5.82 Å². The van der Waals surface area contributed by atoms with E-state index in [0.29, 0.717) is 11.8 Å². The third-order valence-electron chi connectivity index (χ3n) is 1.80. The SMILES string of the molecule is CC(C)(O)c1ccc(F)cc1C=O. The van der Waals surface area contributed by atoms with Gasteiger partial charge in [0.15, 0.2) is 6.29 Å². The van der Waals surface area contributed by atoms with E-state index in [1.807, 2.05) is 0 Å². The van der Waals surface area contributed by atoms with E-state index < -0.39 is 11.4 Å². The van der Waals surface area contributed by atoms with E-state index in [1.54, 1.807) is 13.8 Å². The molecule has 0 spiro atoms. The second-order valence-corrected chi connectivity index (χ2v) is 3.41. The molecule has 0 aliphatic heterocycles. The van der Waals surface area contributed by atoms with Crippen LogP contribution in [0.5, 0.6) is 0 Å². The van der Waals surface area contributed by atoms with Crippen molar-refractivity contribution in [1.82, 2.24) is 0 Å². The highest BCUT2D eigenvalue weighted by Gasteiger charge is 2.19. The molecule has 0 saturated heterocycles. The van der Waals surface area contributed by atoms with Crippen molar-refractivity contribution in [3.63, 3.8) is 0 Å². The van der Waals surface area contributed by atoms with Crippen LogP contribution in [0, 0.1) is 5.82 Å². The molecule has 0 aliphatic carbocycles. The summed E-state index contributed by atoms with van der Waals surface area (Å²) in [5, 5.41) is 9.61. The molecule has 0 radical (unpaired) electrons. The Labute approximate surface area is 76.0 Å². The normalized spacial score (nSPS) is 11.4. The molecule has 1 aromatic rings. The van der Waals surface area contributed by atoms with Crippen LogP contribution in [0.15, 0.2) is 18.2 Å². The van der Waals surface area contributed by atoms with Gasteiger partial charge in [-0.25, -0.2) is 4.39 Å². The topological polar surface area (TPSA) is 37.3 Å². The summed E-state index contributed by atoms with van der Waals surface area (Å²) in [6.07, 6.45) is 0.538. The molecule has 0 amide bonds. The van der Waals surface area contributed by atoms with Gasteiger partial charge in [0.05, 0.1) is 5.60 Å². The average molecular weight is 182 g/mol. The molecular formula is C10H11FO2. The molecule has 0 aromatic heterocycles. The van der Waals surface area contributed by atoms with Crippen molar-refractivity contribution < 1.29 is 14.3 Å². The quantitative estimate of drug-likeness (QED) is 0.709. The first-order valence-corrected chi connectivity index (χ1v) is 3.93. The van der Waals surface area contributed by atoms with Crippen LogP contribution in [0.25, 0.3) is 0 Å². The van der Waals surface area contributed by atoms with Gasteiger partial charge in [0.25, 0.3) is 0 Å². The third kappa shape index (κ3) is 2.12. The maximum atomic E-state index is 12.7. The van der Waals surface area contributed by atoms with Gasteiger partial charge in [-0.2, -0.15) is 0 Å². The van der Waals surface area contributed by atoms with Gasteiger partial charge in [-0.15, -0.1) is 0 Å². The van der Waals surface area contributed by atoms with Crippen LogP contribution in [0.4, 0.5) is 4.39 Å². The lowest BCUT2D eigenvalue weighted by Gasteiger charge is -2.19. The van der Waals surface area contributed by atoms with E-state index in [2.05, 4.69) is 0 Å². The fourth-order valence-corrected chi connectivity index (χ4v) is 1.19. The van der Waals surface area contributed by atoms with Crippen LogP contribution >= 0.6 is 0 Å². The average Bonchev–Trinajstić information content (AvgIpc) is 2.01. The first-order valence-electron chi connectivity index (χ1n) is 3.93. The van der Waals surface area contributed by atoms with Gasteiger partial charge in [0, 0.05) is 5.56 Å². The van der Waals surface area contributed by atoms with E-state index in [9.17, 15) is 14.3 Å². The zero-order valence-corrected chi connectivity index (χ0v) is 7.54. The molecule has 1 aromatic carbocycles. The summed E-state index contributed by atoms with van der Waals surface area (Å²) in [5.74, 6) is -0.477. The highest BCUT2D eigenvalue weighted by atomic mass is 19.1. The van der Waals surface area contributed by atoms with Gasteiger partial charge >= 0.3 is 0 Å². The lowest BCUT2D eigenvalue weighted by atomic mass is 9.94. The first-order chi connectivity index (χ1) is 5.95. The van der Waals surface area contributed by atoms with Crippen molar-refractivity contribution in [2.75, 3.05) is 0 Å². The number of halogens is 1. The second-order valence-electron chi connectivity index (χ2n) is 3.41. The standard InChI is InChI=1S/C10H11FO2/c1-10(2,13)9-4-3-8(11)5-7(9)6-12/h3-6,13H,1-2H3. The maximum absolute atomic E-state index is 12.7. The molecule has 3 heteroatoms. The van der Waals surface area contributed by atoms with Crippen LogP contribution in [0.3, 0.4) is 0 Å². The summed E-state index contributed by atoms with van der Waals surface area (Å²) in [6.45, 7) is 3.10. The Morgan fingerprint density at radius 2 is 2.08 bits per heavy atom. The van der Waals surface area contributed by atoms with Crippen LogP contribution in [0.2, 0.25) is 0 Å². The van der Waals surface area contributed by atoms with E-state index in [1.165, 1.54) is 12.1 Å². The van der Waals surface area contributed by atoms with Crippen LogP contribution in [-0.2, 0) is 5.60 Å². The summed E-state index contributed by atoms with van der Waals surface area (Å²) in [4.78, 5) is 10.5. The van der Waals surface area contributed by atoms with Gasteiger partial charge in [-0.1, -0.05) is 6.07 Å². The minimum absolute atomic E-state index is 0.188. The van der Waals surface area contributed by atoms with Crippen LogP contribution < -0.4 is 0 Å². The number of carbonyl (C=O) groups is 1. The minimum Gasteiger partial charge on any atom is -0.386 e. The Morgan fingerprint density at radius 3 is 2.54 bits per heavy atom. The Balaban J connectivity index is 3.29. The molecule has 0 heterocycles. The molecule has 13 heavy (non-hydrogen) atoms. The molecule has 1 N–H and O–H groups in total. The number of hydrogen-bond acceptors (Lipinski definition) is 2. The molecule has 0 atom stereocenters. The fraction of sp³-hybridized carbons (Fsp3) is 0.300. The predicted octanol–water partition coefficient (Wildman–Crippen LogP) is 1.87. The van der Waals surface area contributed by atoms with E-state index in [0.717, 1.165) is 6.07 Å². The van der Waals surface area contributed by atoms with Crippen LogP contribution in [0.1, 0.15) is 29.8 Å². The first kappa shape index (κ1) is 9.86. The third-order valence-corrected chi connectivity index (χ3v) is 1.80. The Kier molecular flexibility index (Phi) is 2.48. The van der Waals surface area contributed by atoms with Crippen molar-refractivity contribution in [3.05, 3.63) is 35.1 Å². The molecule has 0 fully saturated rings. The van der Waals surface area contributed by atoms with Crippen molar-refractivity contribution in [1.29, 1.82) is 0 Å². The molecule has 0 bridgehead atoms. The summed E-state index contributed by atoms with van der Waals surface area (Å²) >= 11 is 0. The maximum Gasteiger partial charge on any atom is 0.150 e. The Morgan fingerprint density at radius 1 is 1.46 bits per heavy atom. The van der Waals surface area contributed by atoms with E-state index in [4.69, 9.17) is 0 Å². The number of rotatable bonds is 2. The van der Waals surface area contributed by atoms with Gasteiger partial charge in [-0.05, 0) is 31.5 Å². The van der Waals surface area contributed by atoms with E-state index in [-0.39, 0.29) is 5.56 Å². The van der Waals surface area contributed by atoms with Crippen LogP contribution in [-0.4, -0.2) is 11.4 Å². The molecule has 1 rings (SSSR count). The smallest absolute Gasteiger partial charge is 0.150 e. The van der Waals surface area contributed by atoms with Gasteiger partial charge in [-0.3, -0.25) is 4.79 Å². The number of hydrogen-bond donors (Lipinski definition) is 1. The minimum atomic E-state index is -1.12. The molecular weight excluding hydrogens is 171 g/mol. The van der Waals surface area contributed by atoms with Gasteiger partial charge < -0.3 is 5.11 Å². The molecule has 0 saturated carbocycles. The Hall–Kier alpha value is -1.22. The van der Waals surface area contributed by atoms with Crippen molar-refractivity contribution in [3.8, 4) is 0 Å². The zero-order valence-electron chi connectivity index (χ0n) is 7.54. The lowest BCUT2D eigenvalue weighted by Crippen LogP contribution is -2.17. The van der Waals surface area contributed by atoms with Crippen molar-refractivity contribution in [2.45, 2.75) is 19.4 Å². The highest BCUT2D eigenvalue weighted by Crippen LogP contribution is 2.23. The van der Waals surface area contributed by atoms with E-state index >= 15 is 0 Å². The van der Waals surface area contributed by atoms with Crippen molar-refractivity contribution >= 4 is 6.29 Å². The summed E-state index contributed by atoms with van der Waals surface area (Å²) in [7, 11) is 0.